The van der Waals surface area contributed by atoms with E-state index in [1.165, 1.54) is 17.0 Å². The number of hydrogen-bond acceptors (Lipinski definition) is 5. The van der Waals surface area contributed by atoms with Crippen LogP contribution in [0, 0.1) is 0 Å². The molecular weight excluding hydrogens is 518 g/mol. The first kappa shape index (κ1) is 28.1. The molecule has 3 amide bonds. The molecule has 2 saturated heterocycles. The predicted molar refractivity (Wildman–Crippen MR) is 155 cm³/mol. The summed E-state index contributed by atoms with van der Waals surface area (Å²) in [7, 11) is 0. The van der Waals surface area contributed by atoms with Crippen LogP contribution in [0.1, 0.15) is 59.0 Å². The van der Waals surface area contributed by atoms with E-state index >= 15 is 0 Å². The number of phenols is 1. The van der Waals surface area contributed by atoms with E-state index in [0.717, 1.165) is 11.1 Å². The summed E-state index contributed by atoms with van der Waals surface area (Å²) in [4.78, 5) is 56.8. The number of hydrogen-bond donors (Lipinski definition) is 2. The van der Waals surface area contributed by atoms with Crippen LogP contribution in [0.5, 0.6) is 5.75 Å². The van der Waals surface area contributed by atoms with Crippen molar-refractivity contribution >= 4 is 23.5 Å². The second-order valence-corrected chi connectivity index (χ2v) is 11.8. The maximum atomic E-state index is 14.0. The average Bonchev–Trinajstić information content (AvgIpc) is 3.54. The van der Waals surface area contributed by atoms with Crippen molar-refractivity contribution in [1.29, 1.82) is 0 Å². The van der Waals surface area contributed by atoms with E-state index in [1.54, 1.807) is 53.4 Å². The normalized spacial score (nSPS) is 19.1. The van der Waals surface area contributed by atoms with Crippen LogP contribution in [0.15, 0.2) is 78.9 Å². The molecule has 2 aliphatic heterocycles. The molecule has 0 bridgehead atoms. The lowest BCUT2D eigenvalue weighted by Crippen LogP contribution is -2.53. The highest BCUT2D eigenvalue weighted by Crippen LogP contribution is 2.32. The first-order valence-electron chi connectivity index (χ1n) is 13.9. The van der Waals surface area contributed by atoms with Crippen molar-refractivity contribution in [2.24, 2.45) is 0 Å². The number of nitrogens with one attached hydrogen (secondary N) is 1. The SMILES string of the molecule is CC(C)(C)c1ccc(C(=O)NC(Cc2ccc(O)cc2)C(=O)N2CCC3[C@H]2C(=O)CN3C(=O)c2ccccc2)cc1. The number of fused-ring (bicyclic) bond motifs is 1. The Morgan fingerprint density at radius 2 is 1.56 bits per heavy atom. The average molecular weight is 554 g/mol. The van der Waals surface area contributed by atoms with Crippen molar-refractivity contribution in [2.75, 3.05) is 13.1 Å². The Kier molecular flexibility index (Phi) is 7.67. The van der Waals surface area contributed by atoms with Gasteiger partial charge in [0.25, 0.3) is 11.8 Å². The molecule has 0 aromatic heterocycles. The monoisotopic (exact) mass is 553 g/mol. The zero-order chi connectivity index (χ0) is 29.3. The van der Waals surface area contributed by atoms with Gasteiger partial charge in [0.1, 0.15) is 17.8 Å². The fourth-order valence-corrected chi connectivity index (χ4v) is 5.72. The van der Waals surface area contributed by atoms with E-state index in [2.05, 4.69) is 26.1 Å². The molecule has 2 aliphatic rings. The summed E-state index contributed by atoms with van der Waals surface area (Å²) >= 11 is 0. The fourth-order valence-electron chi connectivity index (χ4n) is 5.72. The largest absolute Gasteiger partial charge is 0.508 e. The second kappa shape index (κ2) is 11.2. The highest BCUT2D eigenvalue weighted by atomic mass is 16.3. The van der Waals surface area contributed by atoms with Gasteiger partial charge < -0.3 is 20.2 Å². The number of phenolic OH excluding ortho intramolecular Hbond substituents is 1. The van der Waals surface area contributed by atoms with E-state index in [-0.39, 0.29) is 41.7 Å². The van der Waals surface area contributed by atoms with Crippen molar-refractivity contribution in [2.45, 2.75) is 57.2 Å². The van der Waals surface area contributed by atoms with Gasteiger partial charge in [-0.2, -0.15) is 0 Å². The third-order valence-corrected chi connectivity index (χ3v) is 7.98. The number of ketones is 1. The molecule has 8 nitrogen and oxygen atoms in total. The zero-order valence-electron chi connectivity index (χ0n) is 23.5. The van der Waals surface area contributed by atoms with Gasteiger partial charge in [-0.1, -0.05) is 63.2 Å². The summed E-state index contributed by atoms with van der Waals surface area (Å²) in [6, 6.07) is 20.5. The van der Waals surface area contributed by atoms with Crippen LogP contribution in [0.3, 0.4) is 0 Å². The van der Waals surface area contributed by atoms with Crippen LogP contribution in [0.2, 0.25) is 0 Å². The number of carbonyl (C=O) groups excluding carboxylic acids is 4. The van der Waals surface area contributed by atoms with Gasteiger partial charge in [0.05, 0.1) is 12.6 Å². The Balaban J connectivity index is 1.37. The zero-order valence-corrected chi connectivity index (χ0v) is 23.5. The van der Waals surface area contributed by atoms with Gasteiger partial charge in [0.15, 0.2) is 5.78 Å². The number of nitrogens with zero attached hydrogens (tertiary/aromatic N) is 2. The number of amides is 3. The van der Waals surface area contributed by atoms with E-state index < -0.39 is 24.0 Å². The van der Waals surface area contributed by atoms with Crippen molar-refractivity contribution < 1.29 is 24.3 Å². The molecule has 0 aliphatic carbocycles. The molecule has 41 heavy (non-hydrogen) atoms. The molecule has 2 heterocycles. The molecule has 3 aromatic carbocycles. The van der Waals surface area contributed by atoms with Gasteiger partial charge >= 0.3 is 0 Å². The first-order valence-corrected chi connectivity index (χ1v) is 13.9. The Bertz CT molecular complexity index is 1440. The molecule has 0 spiro atoms. The van der Waals surface area contributed by atoms with Gasteiger partial charge in [-0.05, 0) is 59.4 Å². The topological polar surface area (TPSA) is 107 Å². The van der Waals surface area contributed by atoms with Crippen LogP contribution in [0.4, 0.5) is 0 Å². The van der Waals surface area contributed by atoms with Crippen LogP contribution < -0.4 is 5.32 Å². The van der Waals surface area contributed by atoms with E-state index in [1.807, 2.05) is 18.2 Å². The number of Topliss-reactive ketones (excluding diaryl/α,β-unsaturated/α-hetero) is 1. The summed E-state index contributed by atoms with van der Waals surface area (Å²) in [6.07, 6.45) is 0.661. The number of likely N-dealkylation sites (tertiary alicyclic amines) is 2. The molecule has 5 rings (SSSR count). The van der Waals surface area contributed by atoms with E-state index in [9.17, 15) is 24.3 Å². The Morgan fingerprint density at radius 3 is 2.20 bits per heavy atom. The number of carbonyl (C=O) groups is 4. The Hall–Kier alpha value is -4.46. The van der Waals surface area contributed by atoms with Crippen LogP contribution in [-0.2, 0) is 21.4 Å². The predicted octanol–water partition coefficient (Wildman–Crippen LogP) is 3.73. The Morgan fingerprint density at radius 1 is 0.902 bits per heavy atom. The number of benzene rings is 3. The quantitative estimate of drug-likeness (QED) is 0.484. The lowest BCUT2D eigenvalue weighted by atomic mass is 9.86. The molecule has 3 aromatic rings. The molecule has 3 atom stereocenters. The summed E-state index contributed by atoms with van der Waals surface area (Å²) in [5.41, 5.74) is 2.70. The molecule has 212 valence electrons. The minimum Gasteiger partial charge on any atom is -0.508 e. The van der Waals surface area contributed by atoms with Crippen molar-refractivity contribution in [1.82, 2.24) is 15.1 Å². The minimum absolute atomic E-state index is 0.0536. The Labute approximate surface area is 240 Å². The van der Waals surface area contributed by atoms with Gasteiger partial charge in [-0.25, -0.2) is 0 Å². The smallest absolute Gasteiger partial charge is 0.254 e. The van der Waals surface area contributed by atoms with Crippen LogP contribution in [-0.4, -0.2) is 69.6 Å². The standard InChI is InChI=1S/C33H35N3O5/c1-33(2,3)24-13-11-22(12-14-24)30(39)34-26(19-21-9-15-25(37)16-10-21)32(41)35-18-17-27-29(35)28(38)20-36(27)31(40)23-7-5-4-6-8-23/h4-16,26-27,29,37H,17-20H2,1-3H3,(H,34,39)/t26?,27?,29-/m0/s1. The third-order valence-electron chi connectivity index (χ3n) is 7.98. The van der Waals surface area contributed by atoms with Gasteiger partial charge in [-0.3, -0.25) is 19.2 Å². The van der Waals surface area contributed by atoms with Gasteiger partial charge in [0.2, 0.25) is 5.91 Å². The number of aromatic hydroxyl groups is 1. The van der Waals surface area contributed by atoms with Crippen LogP contribution in [0.25, 0.3) is 0 Å². The van der Waals surface area contributed by atoms with Gasteiger partial charge in [0, 0.05) is 24.1 Å². The third kappa shape index (κ3) is 5.87. The highest BCUT2D eigenvalue weighted by Gasteiger charge is 2.52. The van der Waals surface area contributed by atoms with Gasteiger partial charge in [-0.15, -0.1) is 0 Å². The molecule has 0 saturated carbocycles. The molecule has 2 unspecified atom stereocenters. The first-order chi connectivity index (χ1) is 19.5. The maximum Gasteiger partial charge on any atom is 0.254 e. The summed E-state index contributed by atoms with van der Waals surface area (Å²) in [5.74, 6) is -1.07. The summed E-state index contributed by atoms with van der Waals surface area (Å²) < 4.78 is 0. The van der Waals surface area contributed by atoms with Crippen molar-refractivity contribution in [3.05, 3.63) is 101 Å². The molecule has 2 N–H and O–H groups in total. The summed E-state index contributed by atoms with van der Waals surface area (Å²) in [6.45, 7) is 6.53. The maximum absolute atomic E-state index is 14.0. The molecule has 8 heteroatoms. The number of rotatable bonds is 6. The molecule has 2 fully saturated rings. The lowest BCUT2D eigenvalue weighted by Gasteiger charge is -2.28. The minimum atomic E-state index is -0.945. The van der Waals surface area contributed by atoms with Crippen molar-refractivity contribution in [3.63, 3.8) is 0 Å². The van der Waals surface area contributed by atoms with Crippen LogP contribution >= 0.6 is 0 Å². The highest BCUT2D eigenvalue weighted by molar-refractivity contribution is 6.03. The summed E-state index contributed by atoms with van der Waals surface area (Å²) in [5, 5.41) is 12.6. The van der Waals surface area contributed by atoms with E-state index in [0.29, 0.717) is 24.1 Å². The van der Waals surface area contributed by atoms with E-state index in [4.69, 9.17) is 0 Å². The molecule has 0 radical (unpaired) electrons. The second-order valence-electron chi connectivity index (χ2n) is 11.8. The molecular formula is C33H35N3O5. The lowest BCUT2D eigenvalue weighted by molar-refractivity contribution is -0.138. The fraction of sp³-hybridized carbons (Fsp3) is 0.333. The van der Waals surface area contributed by atoms with Crippen molar-refractivity contribution in [3.8, 4) is 5.75 Å².